The van der Waals surface area contributed by atoms with Gasteiger partial charge < -0.3 is 0 Å². The van der Waals surface area contributed by atoms with Crippen LogP contribution in [0.4, 0.5) is 0 Å². The normalized spacial score (nSPS) is 10.1. The molecule has 0 unspecified atom stereocenters. The van der Waals surface area contributed by atoms with Gasteiger partial charge in [-0.05, 0) is 37.5 Å². The first-order valence-corrected chi connectivity index (χ1v) is 4.02. The van der Waals surface area contributed by atoms with Gasteiger partial charge in [-0.2, -0.15) is 0 Å². The van der Waals surface area contributed by atoms with E-state index in [1.165, 1.54) is 0 Å². The molecule has 0 aliphatic heterocycles. The zero-order valence-electron chi connectivity index (χ0n) is 6.60. The van der Waals surface area contributed by atoms with E-state index in [2.05, 4.69) is 11.9 Å². The molecule has 1 nitrogen and oxygen atoms in total. The van der Waals surface area contributed by atoms with Crippen molar-refractivity contribution in [3.05, 3.63) is 35.5 Å². The number of hydrogen-bond acceptors (Lipinski definition) is 1. The highest BCUT2D eigenvalue weighted by Gasteiger charge is 1.96. The van der Waals surface area contributed by atoms with E-state index in [9.17, 15) is 0 Å². The van der Waals surface area contributed by atoms with E-state index in [1.54, 1.807) is 0 Å². The molecule has 0 saturated carbocycles. The van der Waals surface area contributed by atoms with Crippen LogP contribution in [0, 0.1) is 13.8 Å². The Morgan fingerprint density at radius 2 is 2.27 bits per heavy atom. The maximum absolute atomic E-state index is 5.75. The Morgan fingerprint density at radius 3 is 2.82 bits per heavy atom. The molecule has 0 atom stereocenters. The van der Waals surface area contributed by atoms with Crippen molar-refractivity contribution in [1.29, 1.82) is 0 Å². The molecule has 59 valence electrons. The summed E-state index contributed by atoms with van der Waals surface area (Å²) in [5.74, 6) is 0. The van der Waals surface area contributed by atoms with Crippen molar-refractivity contribution in [1.82, 2.24) is 4.98 Å². The predicted octanol–water partition coefficient (Wildman–Crippen LogP) is 2.81. The summed E-state index contributed by atoms with van der Waals surface area (Å²) in [5.41, 5.74) is 2.19. The van der Waals surface area contributed by atoms with Gasteiger partial charge in [-0.1, -0.05) is 18.5 Å². The Balaban J connectivity index is 2.89. The van der Waals surface area contributed by atoms with E-state index in [4.69, 9.17) is 11.6 Å². The van der Waals surface area contributed by atoms with Gasteiger partial charge in [0, 0.05) is 5.69 Å². The highest BCUT2D eigenvalue weighted by Crippen LogP contribution is 2.10. The van der Waals surface area contributed by atoms with Crippen molar-refractivity contribution in [2.75, 3.05) is 0 Å². The van der Waals surface area contributed by atoms with E-state index in [0.717, 1.165) is 24.1 Å². The molecule has 0 aromatic carbocycles. The van der Waals surface area contributed by atoms with Gasteiger partial charge in [-0.25, -0.2) is 4.98 Å². The summed E-state index contributed by atoms with van der Waals surface area (Å²) in [4.78, 5) is 4.15. The molecule has 0 N–H and O–H groups in total. The van der Waals surface area contributed by atoms with Crippen LogP contribution >= 0.6 is 11.6 Å². The molecule has 0 aliphatic carbocycles. The maximum Gasteiger partial charge on any atom is 0.129 e. The van der Waals surface area contributed by atoms with Gasteiger partial charge in [0.2, 0.25) is 0 Å². The third kappa shape index (κ3) is 2.51. The second-order valence-corrected chi connectivity index (χ2v) is 2.95. The molecule has 1 aromatic heterocycles. The van der Waals surface area contributed by atoms with Gasteiger partial charge in [0.1, 0.15) is 5.15 Å². The van der Waals surface area contributed by atoms with Crippen LogP contribution in [0.25, 0.3) is 0 Å². The summed E-state index contributed by atoms with van der Waals surface area (Å²) >= 11 is 5.75. The van der Waals surface area contributed by atoms with Crippen LogP contribution in [-0.2, 0) is 6.42 Å². The second kappa shape index (κ2) is 3.72. The summed E-state index contributed by atoms with van der Waals surface area (Å²) in [6.45, 7) is 5.77. The minimum atomic E-state index is 0.577. The van der Waals surface area contributed by atoms with Crippen LogP contribution in [0.5, 0.6) is 0 Å². The SMILES string of the molecule is [CH2]CCc1cc(C)cc(Cl)n1. The number of rotatable bonds is 2. The Labute approximate surface area is 72.4 Å². The van der Waals surface area contributed by atoms with Crippen LogP contribution < -0.4 is 0 Å². The molecule has 1 radical (unpaired) electrons. The molecular weight excluding hydrogens is 158 g/mol. The van der Waals surface area contributed by atoms with Gasteiger partial charge in [0.25, 0.3) is 0 Å². The average Bonchev–Trinajstić information content (AvgIpc) is 1.85. The van der Waals surface area contributed by atoms with Gasteiger partial charge in [-0.3, -0.25) is 0 Å². The topological polar surface area (TPSA) is 12.9 Å². The largest absolute Gasteiger partial charge is 0.241 e. The molecule has 1 rings (SSSR count). The van der Waals surface area contributed by atoms with Crippen molar-refractivity contribution >= 4 is 11.6 Å². The lowest BCUT2D eigenvalue weighted by Gasteiger charge is -1.99. The molecule has 0 aliphatic rings. The van der Waals surface area contributed by atoms with E-state index in [0.29, 0.717) is 5.15 Å². The highest BCUT2D eigenvalue weighted by atomic mass is 35.5. The summed E-state index contributed by atoms with van der Waals surface area (Å²) in [7, 11) is 0. The van der Waals surface area contributed by atoms with Gasteiger partial charge in [0.05, 0.1) is 0 Å². The van der Waals surface area contributed by atoms with E-state index in [-0.39, 0.29) is 0 Å². The fourth-order valence-corrected chi connectivity index (χ4v) is 1.28. The van der Waals surface area contributed by atoms with Crippen LogP contribution in [0.3, 0.4) is 0 Å². The standard InChI is InChI=1S/C9H11ClN/c1-3-4-8-5-7(2)6-9(10)11-8/h5-6H,1,3-4H2,2H3. The lowest BCUT2D eigenvalue weighted by molar-refractivity contribution is 0.938. The third-order valence-corrected chi connectivity index (χ3v) is 1.62. The monoisotopic (exact) mass is 168 g/mol. The number of pyridine rings is 1. The summed E-state index contributed by atoms with van der Waals surface area (Å²) < 4.78 is 0. The third-order valence-electron chi connectivity index (χ3n) is 1.42. The van der Waals surface area contributed by atoms with Gasteiger partial charge in [-0.15, -0.1) is 0 Å². The quantitative estimate of drug-likeness (QED) is 0.619. The molecule has 11 heavy (non-hydrogen) atoms. The fraction of sp³-hybridized carbons (Fsp3) is 0.333. The molecule has 0 spiro atoms. The minimum absolute atomic E-state index is 0.577. The smallest absolute Gasteiger partial charge is 0.129 e. The van der Waals surface area contributed by atoms with E-state index < -0.39 is 0 Å². The zero-order chi connectivity index (χ0) is 8.27. The van der Waals surface area contributed by atoms with E-state index >= 15 is 0 Å². The first-order valence-electron chi connectivity index (χ1n) is 3.64. The Bertz CT molecular complexity index is 225. The first kappa shape index (κ1) is 8.54. The molecule has 1 aromatic rings. The van der Waals surface area contributed by atoms with E-state index in [1.807, 2.05) is 19.1 Å². The maximum atomic E-state index is 5.75. The highest BCUT2D eigenvalue weighted by molar-refractivity contribution is 6.29. The number of nitrogens with zero attached hydrogens (tertiary/aromatic N) is 1. The molecule has 1 heterocycles. The van der Waals surface area contributed by atoms with Gasteiger partial charge in [0.15, 0.2) is 0 Å². The minimum Gasteiger partial charge on any atom is -0.241 e. The number of aryl methyl sites for hydroxylation is 2. The van der Waals surface area contributed by atoms with Crippen molar-refractivity contribution < 1.29 is 0 Å². The summed E-state index contributed by atoms with van der Waals surface area (Å²) in [6.07, 6.45) is 1.77. The Morgan fingerprint density at radius 1 is 1.55 bits per heavy atom. The van der Waals surface area contributed by atoms with Crippen molar-refractivity contribution in [3.8, 4) is 0 Å². The lowest BCUT2D eigenvalue weighted by Crippen LogP contribution is -1.90. The average molecular weight is 169 g/mol. The Kier molecular flexibility index (Phi) is 2.89. The van der Waals surface area contributed by atoms with Gasteiger partial charge >= 0.3 is 0 Å². The molecule has 0 bridgehead atoms. The first-order chi connectivity index (χ1) is 5.22. The molecule has 0 saturated heterocycles. The second-order valence-electron chi connectivity index (χ2n) is 2.56. The van der Waals surface area contributed by atoms with Crippen molar-refractivity contribution in [2.24, 2.45) is 0 Å². The van der Waals surface area contributed by atoms with Crippen molar-refractivity contribution in [3.63, 3.8) is 0 Å². The van der Waals surface area contributed by atoms with Crippen LogP contribution in [-0.4, -0.2) is 4.98 Å². The van der Waals surface area contributed by atoms with Crippen LogP contribution in [0.1, 0.15) is 17.7 Å². The van der Waals surface area contributed by atoms with Crippen LogP contribution in [0.15, 0.2) is 12.1 Å². The predicted molar refractivity (Wildman–Crippen MR) is 47.7 cm³/mol. The number of hydrogen-bond donors (Lipinski definition) is 0. The summed E-state index contributed by atoms with van der Waals surface area (Å²) in [6, 6.07) is 3.89. The lowest BCUT2D eigenvalue weighted by atomic mass is 10.2. The zero-order valence-corrected chi connectivity index (χ0v) is 7.36. The fourth-order valence-electron chi connectivity index (χ4n) is 1.00. The molecule has 0 amide bonds. The number of halogens is 1. The van der Waals surface area contributed by atoms with Crippen molar-refractivity contribution in [2.45, 2.75) is 19.8 Å². The molecule has 0 fully saturated rings. The molecular formula is C9H11ClN. The Hall–Kier alpha value is -0.560. The summed E-state index contributed by atoms with van der Waals surface area (Å²) in [5, 5.41) is 0.577. The molecule has 2 heteroatoms. The van der Waals surface area contributed by atoms with Crippen LogP contribution in [0.2, 0.25) is 5.15 Å². The number of aromatic nitrogens is 1.